The highest BCUT2D eigenvalue weighted by molar-refractivity contribution is 6.29. The van der Waals surface area contributed by atoms with Crippen molar-refractivity contribution in [2.45, 2.75) is 0 Å². The first-order chi connectivity index (χ1) is 8.83. The Morgan fingerprint density at radius 3 is 2.78 bits per heavy atom. The zero-order valence-corrected chi connectivity index (χ0v) is 9.87. The predicted octanol–water partition coefficient (Wildman–Crippen LogP) is 2.85. The molecule has 18 heavy (non-hydrogen) atoms. The molecule has 6 heteroatoms. The van der Waals surface area contributed by atoms with Crippen LogP contribution in [-0.4, -0.2) is 20.1 Å². The summed E-state index contributed by atoms with van der Waals surface area (Å²) in [5, 5.41) is 4.26. The van der Waals surface area contributed by atoms with Crippen LogP contribution in [-0.2, 0) is 0 Å². The van der Waals surface area contributed by atoms with E-state index in [1.54, 1.807) is 24.5 Å². The molecule has 0 aliphatic rings. The van der Waals surface area contributed by atoms with Gasteiger partial charge < -0.3 is 4.52 Å². The fourth-order valence-electron chi connectivity index (χ4n) is 1.48. The number of rotatable bonds is 2. The number of halogens is 1. The molecule has 3 aromatic heterocycles. The van der Waals surface area contributed by atoms with Crippen LogP contribution >= 0.6 is 11.6 Å². The lowest BCUT2D eigenvalue weighted by Gasteiger charge is -1.93. The van der Waals surface area contributed by atoms with Crippen molar-refractivity contribution in [1.29, 1.82) is 0 Å². The molecule has 0 aromatic carbocycles. The number of aromatic nitrogens is 4. The number of pyridine rings is 2. The zero-order chi connectivity index (χ0) is 12.4. The van der Waals surface area contributed by atoms with E-state index in [-0.39, 0.29) is 0 Å². The van der Waals surface area contributed by atoms with Crippen LogP contribution in [0.4, 0.5) is 0 Å². The SMILES string of the molecule is Clc1cc(-c2nc(-c3ccccn3)no2)ccn1. The summed E-state index contributed by atoms with van der Waals surface area (Å²) in [5.41, 5.74) is 1.39. The second-order valence-electron chi connectivity index (χ2n) is 3.51. The highest BCUT2D eigenvalue weighted by Crippen LogP contribution is 2.22. The Morgan fingerprint density at radius 2 is 2.00 bits per heavy atom. The van der Waals surface area contributed by atoms with Crippen molar-refractivity contribution in [3.05, 3.63) is 47.9 Å². The maximum Gasteiger partial charge on any atom is 0.258 e. The minimum absolute atomic E-state index is 0.380. The van der Waals surface area contributed by atoms with E-state index >= 15 is 0 Å². The van der Waals surface area contributed by atoms with Gasteiger partial charge in [-0.25, -0.2) is 4.98 Å². The first-order valence-electron chi connectivity index (χ1n) is 5.20. The monoisotopic (exact) mass is 258 g/mol. The van der Waals surface area contributed by atoms with Crippen molar-refractivity contribution in [3.8, 4) is 23.0 Å². The normalized spacial score (nSPS) is 10.5. The van der Waals surface area contributed by atoms with E-state index in [0.29, 0.717) is 22.6 Å². The quantitative estimate of drug-likeness (QED) is 0.661. The predicted molar refractivity (Wildman–Crippen MR) is 65.8 cm³/mol. The smallest absolute Gasteiger partial charge is 0.258 e. The summed E-state index contributed by atoms with van der Waals surface area (Å²) in [4.78, 5) is 12.3. The van der Waals surface area contributed by atoms with Gasteiger partial charge in [0.1, 0.15) is 10.8 Å². The van der Waals surface area contributed by atoms with Crippen LogP contribution in [0, 0.1) is 0 Å². The van der Waals surface area contributed by atoms with Crippen LogP contribution in [0.3, 0.4) is 0 Å². The van der Waals surface area contributed by atoms with Gasteiger partial charge in [-0.1, -0.05) is 22.8 Å². The first-order valence-corrected chi connectivity index (χ1v) is 5.58. The Hall–Kier alpha value is -2.27. The van der Waals surface area contributed by atoms with E-state index < -0.39 is 0 Å². The summed E-state index contributed by atoms with van der Waals surface area (Å²) in [6.45, 7) is 0. The third-order valence-electron chi connectivity index (χ3n) is 2.29. The van der Waals surface area contributed by atoms with Gasteiger partial charge in [0, 0.05) is 18.0 Å². The molecule has 0 unspecified atom stereocenters. The largest absolute Gasteiger partial charge is 0.334 e. The fraction of sp³-hybridized carbons (Fsp3) is 0. The Morgan fingerprint density at radius 1 is 1.06 bits per heavy atom. The van der Waals surface area contributed by atoms with Gasteiger partial charge in [0.05, 0.1) is 0 Å². The Bertz CT molecular complexity index is 669. The van der Waals surface area contributed by atoms with Crippen LogP contribution in [0.15, 0.2) is 47.2 Å². The van der Waals surface area contributed by atoms with Crippen molar-refractivity contribution in [2.75, 3.05) is 0 Å². The van der Waals surface area contributed by atoms with Gasteiger partial charge in [0.2, 0.25) is 5.82 Å². The van der Waals surface area contributed by atoms with Gasteiger partial charge in [-0.15, -0.1) is 0 Å². The van der Waals surface area contributed by atoms with Gasteiger partial charge in [0.25, 0.3) is 5.89 Å². The first kappa shape index (κ1) is 10.9. The molecule has 5 nitrogen and oxygen atoms in total. The molecule has 0 aliphatic heterocycles. The van der Waals surface area contributed by atoms with E-state index in [1.165, 1.54) is 0 Å². The summed E-state index contributed by atoms with van der Waals surface area (Å²) in [6.07, 6.45) is 3.26. The van der Waals surface area contributed by atoms with E-state index in [2.05, 4.69) is 20.1 Å². The van der Waals surface area contributed by atoms with Crippen LogP contribution in [0.2, 0.25) is 5.15 Å². The zero-order valence-electron chi connectivity index (χ0n) is 9.12. The van der Waals surface area contributed by atoms with E-state index in [9.17, 15) is 0 Å². The molecule has 0 fully saturated rings. The van der Waals surface area contributed by atoms with Crippen LogP contribution in [0.5, 0.6) is 0 Å². The molecular weight excluding hydrogens is 252 g/mol. The van der Waals surface area contributed by atoms with Crippen molar-refractivity contribution in [3.63, 3.8) is 0 Å². The topological polar surface area (TPSA) is 64.7 Å². The van der Waals surface area contributed by atoms with Crippen molar-refractivity contribution in [2.24, 2.45) is 0 Å². The molecule has 3 aromatic rings. The molecule has 88 valence electrons. The van der Waals surface area contributed by atoms with Gasteiger partial charge in [-0.05, 0) is 24.3 Å². The van der Waals surface area contributed by atoms with Gasteiger partial charge in [-0.2, -0.15) is 4.98 Å². The van der Waals surface area contributed by atoms with E-state index in [1.807, 2.05) is 18.2 Å². The molecule has 0 saturated carbocycles. The molecule has 0 amide bonds. The Kier molecular flexibility index (Phi) is 2.74. The molecule has 3 rings (SSSR count). The minimum Gasteiger partial charge on any atom is -0.334 e. The van der Waals surface area contributed by atoms with Crippen LogP contribution in [0.25, 0.3) is 23.0 Å². The fourth-order valence-corrected chi connectivity index (χ4v) is 1.65. The molecule has 0 spiro atoms. The summed E-state index contributed by atoms with van der Waals surface area (Å²) < 4.78 is 5.17. The Balaban J connectivity index is 2.00. The van der Waals surface area contributed by atoms with Gasteiger partial charge in [-0.3, -0.25) is 4.98 Å². The molecule has 0 radical (unpaired) electrons. The molecule has 0 saturated heterocycles. The van der Waals surface area contributed by atoms with Gasteiger partial charge in [0.15, 0.2) is 0 Å². The highest BCUT2D eigenvalue weighted by Gasteiger charge is 2.11. The molecule has 3 heterocycles. The van der Waals surface area contributed by atoms with Crippen LogP contribution in [0.1, 0.15) is 0 Å². The average Bonchev–Trinajstić information content (AvgIpc) is 2.89. The second kappa shape index (κ2) is 4.54. The molecule has 0 atom stereocenters. The lowest BCUT2D eigenvalue weighted by Crippen LogP contribution is -1.84. The lowest BCUT2D eigenvalue weighted by atomic mass is 10.3. The molecular formula is C12H7ClN4O. The standard InChI is InChI=1S/C12H7ClN4O/c13-10-7-8(4-6-15-10)12-16-11(17-18-12)9-3-1-2-5-14-9/h1-7H. The summed E-state index contributed by atoms with van der Waals surface area (Å²) in [7, 11) is 0. The summed E-state index contributed by atoms with van der Waals surface area (Å²) in [5.74, 6) is 0.832. The summed E-state index contributed by atoms with van der Waals surface area (Å²) in [6, 6.07) is 8.92. The maximum atomic E-state index is 5.81. The number of hydrogen-bond donors (Lipinski definition) is 0. The van der Waals surface area contributed by atoms with Gasteiger partial charge >= 0.3 is 0 Å². The lowest BCUT2D eigenvalue weighted by molar-refractivity contribution is 0.432. The van der Waals surface area contributed by atoms with Crippen molar-refractivity contribution >= 4 is 11.6 Å². The summed E-state index contributed by atoms with van der Waals surface area (Å²) >= 11 is 5.81. The third-order valence-corrected chi connectivity index (χ3v) is 2.50. The number of nitrogens with zero attached hydrogens (tertiary/aromatic N) is 4. The number of hydrogen-bond acceptors (Lipinski definition) is 5. The molecule has 0 N–H and O–H groups in total. The maximum absolute atomic E-state index is 5.81. The third kappa shape index (κ3) is 2.08. The highest BCUT2D eigenvalue weighted by atomic mass is 35.5. The van der Waals surface area contributed by atoms with E-state index in [4.69, 9.17) is 16.1 Å². The molecule has 0 aliphatic carbocycles. The average molecular weight is 259 g/mol. The van der Waals surface area contributed by atoms with Crippen LogP contribution < -0.4 is 0 Å². The van der Waals surface area contributed by atoms with E-state index in [0.717, 1.165) is 5.56 Å². The minimum atomic E-state index is 0.380. The Labute approximate surface area is 107 Å². The molecule has 0 bridgehead atoms. The van der Waals surface area contributed by atoms with Crippen molar-refractivity contribution < 1.29 is 4.52 Å². The second-order valence-corrected chi connectivity index (χ2v) is 3.89. The van der Waals surface area contributed by atoms with Crippen molar-refractivity contribution in [1.82, 2.24) is 20.1 Å².